The van der Waals surface area contributed by atoms with Crippen molar-refractivity contribution in [2.45, 2.75) is 43.2 Å². The van der Waals surface area contributed by atoms with Crippen LogP contribution >= 0.6 is 0 Å². The van der Waals surface area contributed by atoms with Crippen molar-refractivity contribution >= 4 is 5.78 Å². The lowest BCUT2D eigenvalue weighted by Gasteiger charge is -2.39. The first kappa shape index (κ1) is 19.8. The molecule has 4 rings (SSSR count). The number of carbonyl (C=O) groups is 1. The molecule has 4 N–H and O–H groups in total. The van der Waals surface area contributed by atoms with Gasteiger partial charge in [0.05, 0.1) is 18.6 Å². The van der Waals surface area contributed by atoms with Crippen LogP contribution in [0.5, 0.6) is 11.5 Å². The van der Waals surface area contributed by atoms with Crippen molar-refractivity contribution in [1.82, 2.24) is 0 Å². The van der Waals surface area contributed by atoms with E-state index in [-0.39, 0.29) is 18.0 Å². The normalized spacial score (nSPS) is 31.7. The fourth-order valence-corrected chi connectivity index (χ4v) is 3.53. The van der Waals surface area contributed by atoms with Gasteiger partial charge in [-0.25, -0.2) is 0 Å². The number of rotatable bonds is 4. The number of ketones is 1. The molecule has 0 unspecified atom stereocenters. The van der Waals surface area contributed by atoms with Gasteiger partial charge >= 0.3 is 0 Å². The average Bonchev–Trinajstić information content (AvgIpc) is 2.74. The highest BCUT2D eigenvalue weighted by molar-refractivity contribution is 6.00. The molecule has 1 fully saturated rings. The van der Waals surface area contributed by atoms with Gasteiger partial charge in [-0.15, -0.1) is 0 Å². The second-order valence-corrected chi connectivity index (χ2v) is 7.12. The lowest BCUT2D eigenvalue weighted by Crippen LogP contribution is -2.60. The summed E-state index contributed by atoms with van der Waals surface area (Å²) < 4.78 is 17.0. The van der Waals surface area contributed by atoms with Crippen molar-refractivity contribution in [2.75, 3.05) is 6.61 Å². The Labute approximate surface area is 166 Å². The Bertz CT molecular complexity index is 868. The van der Waals surface area contributed by atoms with E-state index in [4.69, 9.17) is 14.2 Å². The van der Waals surface area contributed by atoms with Crippen LogP contribution in [0.25, 0.3) is 0 Å². The number of aliphatic hydroxyl groups excluding tert-OH is 4. The van der Waals surface area contributed by atoms with Gasteiger partial charge in [0.2, 0.25) is 6.29 Å². The number of hydrogen-bond donors (Lipinski definition) is 4. The first-order chi connectivity index (χ1) is 14.0. The smallest absolute Gasteiger partial charge is 0.229 e. The molecule has 8 nitrogen and oxygen atoms in total. The number of hydrogen-bond acceptors (Lipinski definition) is 8. The molecule has 2 aromatic rings. The Balaban J connectivity index is 1.54. The lowest BCUT2D eigenvalue weighted by atomic mass is 9.96. The van der Waals surface area contributed by atoms with Gasteiger partial charge in [-0.1, -0.05) is 30.3 Å². The third kappa shape index (κ3) is 3.85. The zero-order valence-electron chi connectivity index (χ0n) is 15.4. The zero-order chi connectivity index (χ0) is 20.5. The standard InChI is InChI=1S/C21H22O8/c22-10-17-18(24)19(25)20(26)21(29-17)27-12-6-7-13-14(23)9-15(28-16(13)8-12)11-4-2-1-3-5-11/h1-8,15,17-22,24-26H,9-10H2/t15-,17+,18+,19-,20+,21+/m0/s1. The van der Waals surface area contributed by atoms with E-state index < -0.39 is 43.4 Å². The summed E-state index contributed by atoms with van der Waals surface area (Å²) in [6.07, 6.45) is -7.11. The SMILES string of the molecule is O=C1C[C@@H](c2ccccc2)Oc2cc(O[C@@H]3O[C@H](CO)[C@@H](O)[C@H](O)[C@H]3O)ccc21. The number of fused-ring (bicyclic) bond motifs is 1. The highest BCUT2D eigenvalue weighted by Crippen LogP contribution is 2.37. The molecule has 1 saturated heterocycles. The molecule has 0 saturated carbocycles. The van der Waals surface area contributed by atoms with Gasteiger partial charge in [-0.05, 0) is 17.7 Å². The van der Waals surface area contributed by atoms with Crippen molar-refractivity contribution in [3.05, 3.63) is 59.7 Å². The van der Waals surface area contributed by atoms with E-state index in [0.717, 1.165) is 5.56 Å². The minimum Gasteiger partial charge on any atom is -0.484 e. The second-order valence-electron chi connectivity index (χ2n) is 7.12. The van der Waals surface area contributed by atoms with Gasteiger partial charge in [-0.3, -0.25) is 4.79 Å². The number of benzene rings is 2. The summed E-state index contributed by atoms with van der Waals surface area (Å²) in [6.45, 7) is -0.550. The fourth-order valence-electron chi connectivity index (χ4n) is 3.53. The van der Waals surface area contributed by atoms with Crippen molar-refractivity contribution in [2.24, 2.45) is 0 Å². The van der Waals surface area contributed by atoms with Crippen LogP contribution < -0.4 is 9.47 Å². The molecular weight excluding hydrogens is 380 g/mol. The van der Waals surface area contributed by atoms with Crippen LogP contribution in [0.3, 0.4) is 0 Å². The highest BCUT2D eigenvalue weighted by Gasteiger charge is 2.44. The van der Waals surface area contributed by atoms with Crippen LogP contribution in [-0.4, -0.2) is 63.5 Å². The maximum atomic E-state index is 12.5. The van der Waals surface area contributed by atoms with E-state index in [1.54, 1.807) is 6.07 Å². The Morgan fingerprint density at radius 1 is 1.00 bits per heavy atom. The third-order valence-electron chi connectivity index (χ3n) is 5.17. The Morgan fingerprint density at radius 2 is 1.76 bits per heavy atom. The van der Waals surface area contributed by atoms with Crippen LogP contribution in [0.15, 0.2) is 48.5 Å². The molecule has 0 aliphatic carbocycles. The van der Waals surface area contributed by atoms with Crippen molar-refractivity contribution in [3.8, 4) is 11.5 Å². The van der Waals surface area contributed by atoms with Crippen LogP contribution in [0.4, 0.5) is 0 Å². The maximum absolute atomic E-state index is 12.5. The van der Waals surface area contributed by atoms with Gasteiger partial charge < -0.3 is 34.6 Å². The van der Waals surface area contributed by atoms with E-state index in [0.29, 0.717) is 11.3 Å². The van der Waals surface area contributed by atoms with Crippen LogP contribution in [0.2, 0.25) is 0 Å². The van der Waals surface area contributed by atoms with Gasteiger partial charge in [0.15, 0.2) is 5.78 Å². The largest absolute Gasteiger partial charge is 0.484 e. The van der Waals surface area contributed by atoms with Crippen molar-refractivity contribution in [3.63, 3.8) is 0 Å². The zero-order valence-corrected chi connectivity index (χ0v) is 15.4. The molecule has 29 heavy (non-hydrogen) atoms. The summed E-state index contributed by atoms with van der Waals surface area (Å²) in [5, 5.41) is 39.2. The Morgan fingerprint density at radius 3 is 2.48 bits per heavy atom. The van der Waals surface area contributed by atoms with Gasteiger partial charge in [0.1, 0.15) is 42.0 Å². The van der Waals surface area contributed by atoms with Gasteiger partial charge in [-0.2, -0.15) is 0 Å². The molecule has 154 valence electrons. The summed E-state index contributed by atoms with van der Waals surface area (Å²) in [7, 11) is 0. The summed E-state index contributed by atoms with van der Waals surface area (Å²) >= 11 is 0. The predicted molar refractivity (Wildman–Crippen MR) is 99.6 cm³/mol. The fraction of sp³-hybridized carbons (Fsp3) is 0.381. The molecule has 0 aromatic heterocycles. The summed E-state index contributed by atoms with van der Waals surface area (Å²) in [5.74, 6) is 0.534. The first-order valence-electron chi connectivity index (χ1n) is 9.34. The summed E-state index contributed by atoms with van der Waals surface area (Å²) in [6, 6.07) is 14.0. The van der Waals surface area contributed by atoms with Crippen LogP contribution in [0, 0.1) is 0 Å². The number of Topliss-reactive ketones (excluding diaryl/α,β-unsaturated/α-hetero) is 1. The third-order valence-corrected chi connectivity index (χ3v) is 5.17. The number of aliphatic hydroxyl groups is 4. The first-order valence-corrected chi connectivity index (χ1v) is 9.34. The molecule has 8 heteroatoms. The molecule has 0 spiro atoms. The second kappa shape index (κ2) is 8.10. The van der Waals surface area contributed by atoms with E-state index in [1.165, 1.54) is 12.1 Å². The summed E-state index contributed by atoms with van der Waals surface area (Å²) in [5.41, 5.74) is 1.31. The van der Waals surface area contributed by atoms with Gasteiger partial charge in [0.25, 0.3) is 0 Å². The summed E-state index contributed by atoms with van der Waals surface area (Å²) in [4.78, 5) is 12.5. The molecule has 6 atom stereocenters. The quantitative estimate of drug-likeness (QED) is 0.585. The van der Waals surface area contributed by atoms with E-state index in [2.05, 4.69) is 0 Å². The molecule has 2 aromatic carbocycles. The average molecular weight is 402 g/mol. The Hall–Kier alpha value is -2.49. The van der Waals surface area contributed by atoms with Crippen LogP contribution in [0.1, 0.15) is 28.4 Å². The monoisotopic (exact) mass is 402 g/mol. The Kier molecular flexibility index (Phi) is 5.53. The minimum atomic E-state index is -1.54. The molecular formula is C21H22O8. The molecule has 0 bridgehead atoms. The van der Waals surface area contributed by atoms with E-state index in [1.807, 2.05) is 30.3 Å². The van der Waals surface area contributed by atoms with Crippen molar-refractivity contribution in [1.29, 1.82) is 0 Å². The number of carbonyl (C=O) groups excluding carboxylic acids is 1. The molecule has 0 radical (unpaired) electrons. The van der Waals surface area contributed by atoms with Gasteiger partial charge in [0, 0.05) is 6.07 Å². The molecule has 2 aliphatic heterocycles. The van der Waals surface area contributed by atoms with Crippen molar-refractivity contribution < 1.29 is 39.4 Å². The van der Waals surface area contributed by atoms with E-state index in [9.17, 15) is 25.2 Å². The lowest BCUT2D eigenvalue weighted by molar-refractivity contribution is -0.277. The molecule has 0 amide bonds. The highest BCUT2D eigenvalue weighted by atomic mass is 16.7. The molecule has 2 heterocycles. The molecule has 2 aliphatic rings. The minimum absolute atomic E-state index is 0.0560. The maximum Gasteiger partial charge on any atom is 0.229 e. The van der Waals surface area contributed by atoms with Crippen LogP contribution in [-0.2, 0) is 4.74 Å². The number of ether oxygens (including phenoxy) is 3. The predicted octanol–water partition coefficient (Wildman–Crippen LogP) is 0.572. The topological polar surface area (TPSA) is 126 Å². The van der Waals surface area contributed by atoms with E-state index >= 15 is 0 Å².